The average Bonchev–Trinajstić information content (AvgIpc) is 2.94. The Hall–Kier alpha value is -0.450. The van der Waals surface area contributed by atoms with Crippen LogP contribution < -0.4 is 5.73 Å². The van der Waals surface area contributed by atoms with Gasteiger partial charge in [-0.25, -0.2) is 4.39 Å². The van der Waals surface area contributed by atoms with Crippen LogP contribution in [0.15, 0.2) is 22.7 Å². The highest BCUT2D eigenvalue weighted by Crippen LogP contribution is 2.47. The smallest absolute Gasteiger partial charge is 0.128 e. The number of halogens is 2. The molecular formula is C17H24BrFN2. The van der Waals surface area contributed by atoms with Gasteiger partial charge in [0.25, 0.3) is 0 Å². The third-order valence-corrected chi connectivity index (χ3v) is 6.00. The van der Waals surface area contributed by atoms with Crippen molar-refractivity contribution >= 4 is 15.9 Å². The van der Waals surface area contributed by atoms with Crippen molar-refractivity contribution < 1.29 is 4.39 Å². The molecule has 1 spiro atoms. The lowest BCUT2D eigenvalue weighted by molar-refractivity contribution is 0.0768. The maximum Gasteiger partial charge on any atom is 0.128 e. The van der Waals surface area contributed by atoms with E-state index in [1.807, 2.05) is 6.07 Å². The standard InChI is InChI=1S/C17H24BrFN2/c18-13-3-4-15(19)14(11-13)16(12-20)21-9-7-17(8-10-21)5-1-2-6-17/h3-4,11,16H,1-2,5-10,12,20H2. The zero-order chi connectivity index (χ0) is 14.9. The van der Waals surface area contributed by atoms with Crippen LogP contribution in [0.5, 0.6) is 0 Å². The van der Waals surface area contributed by atoms with Crippen LogP contribution in [-0.4, -0.2) is 24.5 Å². The molecule has 21 heavy (non-hydrogen) atoms. The number of benzene rings is 1. The highest BCUT2D eigenvalue weighted by Gasteiger charge is 2.38. The summed E-state index contributed by atoms with van der Waals surface area (Å²) < 4.78 is 15.1. The van der Waals surface area contributed by atoms with Crippen LogP contribution in [0, 0.1) is 11.2 Å². The Bertz CT molecular complexity index is 490. The normalized spacial score (nSPS) is 23.6. The monoisotopic (exact) mass is 354 g/mol. The lowest BCUT2D eigenvalue weighted by Crippen LogP contribution is -2.43. The van der Waals surface area contributed by atoms with Gasteiger partial charge >= 0.3 is 0 Å². The molecule has 3 rings (SSSR count). The number of hydrogen-bond acceptors (Lipinski definition) is 2. The van der Waals surface area contributed by atoms with E-state index < -0.39 is 0 Å². The maximum atomic E-state index is 14.2. The Morgan fingerprint density at radius 3 is 2.48 bits per heavy atom. The SMILES string of the molecule is NCC(c1cc(Br)ccc1F)N1CCC2(CCCC2)CC1. The first-order valence-electron chi connectivity index (χ1n) is 8.03. The molecule has 1 aromatic carbocycles. The number of piperidine rings is 1. The van der Waals surface area contributed by atoms with Crippen LogP contribution in [0.25, 0.3) is 0 Å². The molecule has 1 saturated heterocycles. The predicted molar refractivity (Wildman–Crippen MR) is 87.6 cm³/mol. The molecule has 0 aromatic heterocycles. The van der Waals surface area contributed by atoms with E-state index in [0.29, 0.717) is 12.0 Å². The van der Waals surface area contributed by atoms with E-state index in [1.54, 1.807) is 6.07 Å². The first-order valence-corrected chi connectivity index (χ1v) is 8.82. The van der Waals surface area contributed by atoms with Gasteiger partial charge in [-0.2, -0.15) is 0 Å². The van der Waals surface area contributed by atoms with E-state index in [0.717, 1.165) is 23.1 Å². The largest absolute Gasteiger partial charge is 0.329 e. The van der Waals surface area contributed by atoms with Gasteiger partial charge in [0.05, 0.1) is 0 Å². The van der Waals surface area contributed by atoms with Crippen molar-refractivity contribution in [2.24, 2.45) is 11.1 Å². The highest BCUT2D eigenvalue weighted by molar-refractivity contribution is 9.10. The summed E-state index contributed by atoms with van der Waals surface area (Å²) in [4.78, 5) is 2.38. The van der Waals surface area contributed by atoms with Crippen molar-refractivity contribution in [3.63, 3.8) is 0 Å². The second-order valence-electron chi connectivity index (χ2n) is 6.66. The fraction of sp³-hybridized carbons (Fsp3) is 0.647. The number of rotatable bonds is 3. The third-order valence-electron chi connectivity index (χ3n) is 5.50. The summed E-state index contributed by atoms with van der Waals surface area (Å²) >= 11 is 3.44. The molecule has 1 heterocycles. The van der Waals surface area contributed by atoms with Gasteiger partial charge in [0.1, 0.15) is 5.82 Å². The molecule has 1 unspecified atom stereocenters. The molecule has 4 heteroatoms. The lowest BCUT2D eigenvalue weighted by Gasteiger charge is -2.42. The van der Waals surface area contributed by atoms with Gasteiger partial charge in [0.15, 0.2) is 0 Å². The number of likely N-dealkylation sites (tertiary alicyclic amines) is 1. The van der Waals surface area contributed by atoms with E-state index in [2.05, 4.69) is 20.8 Å². The van der Waals surface area contributed by atoms with E-state index in [9.17, 15) is 4.39 Å². The summed E-state index contributed by atoms with van der Waals surface area (Å²) in [6.07, 6.45) is 8.05. The quantitative estimate of drug-likeness (QED) is 0.879. The summed E-state index contributed by atoms with van der Waals surface area (Å²) in [5.74, 6) is -0.144. The summed E-state index contributed by atoms with van der Waals surface area (Å²) in [7, 11) is 0. The topological polar surface area (TPSA) is 29.3 Å². The van der Waals surface area contributed by atoms with Crippen LogP contribution in [0.1, 0.15) is 50.1 Å². The van der Waals surface area contributed by atoms with Crippen LogP contribution in [0.4, 0.5) is 4.39 Å². The summed E-state index contributed by atoms with van der Waals surface area (Å²) in [6, 6.07) is 5.16. The Morgan fingerprint density at radius 1 is 1.19 bits per heavy atom. The third kappa shape index (κ3) is 3.17. The van der Waals surface area contributed by atoms with Gasteiger partial charge in [-0.1, -0.05) is 28.8 Å². The van der Waals surface area contributed by atoms with Gasteiger partial charge in [-0.15, -0.1) is 0 Å². The first kappa shape index (κ1) is 15.4. The molecule has 0 amide bonds. The Balaban J connectivity index is 1.74. The molecule has 1 aliphatic heterocycles. The fourth-order valence-electron chi connectivity index (χ4n) is 4.18. The minimum Gasteiger partial charge on any atom is -0.329 e. The van der Waals surface area contributed by atoms with Crippen LogP contribution in [-0.2, 0) is 0 Å². The van der Waals surface area contributed by atoms with E-state index in [-0.39, 0.29) is 11.9 Å². The highest BCUT2D eigenvalue weighted by atomic mass is 79.9. The van der Waals surface area contributed by atoms with Crippen LogP contribution in [0.2, 0.25) is 0 Å². The zero-order valence-electron chi connectivity index (χ0n) is 12.5. The van der Waals surface area contributed by atoms with Crippen molar-refractivity contribution in [2.75, 3.05) is 19.6 Å². The van der Waals surface area contributed by atoms with E-state index in [4.69, 9.17) is 5.73 Å². The Kier molecular flexibility index (Phi) is 4.67. The van der Waals surface area contributed by atoms with E-state index >= 15 is 0 Å². The molecule has 2 N–H and O–H groups in total. The van der Waals surface area contributed by atoms with E-state index in [1.165, 1.54) is 44.6 Å². The van der Waals surface area contributed by atoms with Gasteiger partial charge < -0.3 is 5.73 Å². The molecule has 116 valence electrons. The molecule has 1 atom stereocenters. The van der Waals surface area contributed by atoms with Crippen molar-refractivity contribution in [2.45, 2.75) is 44.6 Å². The molecule has 1 aromatic rings. The second kappa shape index (κ2) is 6.35. The van der Waals surface area contributed by atoms with Gasteiger partial charge in [0.2, 0.25) is 0 Å². The Labute approximate surface area is 135 Å². The maximum absolute atomic E-state index is 14.2. The molecule has 2 aliphatic rings. The van der Waals surface area contributed by atoms with Crippen LogP contribution in [0.3, 0.4) is 0 Å². The number of nitrogens with zero attached hydrogens (tertiary/aromatic N) is 1. The Morgan fingerprint density at radius 2 is 1.86 bits per heavy atom. The number of nitrogens with two attached hydrogens (primary N) is 1. The van der Waals surface area contributed by atoms with Crippen molar-refractivity contribution in [3.8, 4) is 0 Å². The average molecular weight is 355 g/mol. The fourth-order valence-corrected chi connectivity index (χ4v) is 4.56. The summed E-state index contributed by atoms with van der Waals surface area (Å²) in [5, 5.41) is 0. The van der Waals surface area contributed by atoms with Gasteiger partial charge in [-0.05, 0) is 62.4 Å². The molecular weight excluding hydrogens is 331 g/mol. The summed E-state index contributed by atoms with van der Waals surface area (Å²) in [6.45, 7) is 2.57. The van der Waals surface area contributed by atoms with Gasteiger partial charge in [-0.3, -0.25) is 4.90 Å². The molecule has 1 saturated carbocycles. The predicted octanol–water partition coefficient (Wildman–Crippen LogP) is 4.24. The van der Waals surface area contributed by atoms with Crippen molar-refractivity contribution in [1.82, 2.24) is 4.90 Å². The zero-order valence-corrected chi connectivity index (χ0v) is 14.0. The van der Waals surface area contributed by atoms with Gasteiger partial charge in [0, 0.05) is 22.6 Å². The molecule has 2 fully saturated rings. The second-order valence-corrected chi connectivity index (χ2v) is 7.58. The van der Waals surface area contributed by atoms with Crippen molar-refractivity contribution in [3.05, 3.63) is 34.1 Å². The summed E-state index contributed by atoms with van der Waals surface area (Å²) in [5.41, 5.74) is 7.30. The molecule has 1 aliphatic carbocycles. The lowest BCUT2D eigenvalue weighted by atomic mass is 9.76. The molecule has 0 radical (unpaired) electrons. The van der Waals surface area contributed by atoms with Crippen LogP contribution >= 0.6 is 15.9 Å². The molecule has 0 bridgehead atoms. The minimum atomic E-state index is -0.144. The molecule has 2 nitrogen and oxygen atoms in total. The minimum absolute atomic E-state index is 0.00116. The first-order chi connectivity index (χ1) is 10.1. The number of hydrogen-bond donors (Lipinski definition) is 1. The van der Waals surface area contributed by atoms with Crippen molar-refractivity contribution in [1.29, 1.82) is 0 Å².